The molecule has 0 bridgehead atoms. The third kappa shape index (κ3) is 5.68. The number of nitro benzene ring substituents is 1. The standard InChI is InChI=1S/C22H22N4O5S/c1-25(2)15-17-6-3-4-9-21(17)23-22(27)16-10-12-18(13-11-16)24-32(30,31)20-8-5-7-19(14-20)26(28)29/h3-14,24H,15H2,1-2H3,(H,23,27). The fourth-order valence-electron chi connectivity index (χ4n) is 2.98. The first-order chi connectivity index (χ1) is 15.2. The first-order valence-corrected chi connectivity index (χ1v) is 11.1. The number of hydrogen-bond donors (Lipinski definition) is 2. The van der Waals surface area contributed by atoms with Crippen LogP contribution in [0.25, 0.3) is 0 Å². The highest BCUT2D eigenvalue weighted by atomic mass is 32.2. The first kappa shape index (κ1) is 22.9. The molecule has 0 heterocycles. The SMILES string of the molecule is CN(C)Cc1ccccc1NC(=O)c1ccc(NS(=O)(=O)c2cccc([N+](=O)[O-])c2)cc1. The number of non-ortho nitro benzene ring substituents is 1. The maximum absolute atomic E-state index is 12.6. The van der Waals surface area contributed by atoms with Crippen molar-refractivity contribution in [3.05, 3.63) is 94.0 Å². The number of rotatable bonds is 8. The van der Waals surface area contributed by atoms with Crippen LogP contribution in [0.1, 0.15) is 15.9 Å². The lowest BCUT2D eigenvalue weighted by atomic mass is 10.1. The summed E-state index contributed by atoms with van der Waals surface area (Å²) in [7, 11) is -0.155. The number of hydrogen-bond acceptors (Lipinski definition) is 6. The summed E-state index contributed by atoms with van der Waals surface area (Å²) in [5.41, 5.74) is 1.91. The monoisotopic (exact) mass is 454 g/mol. The van der Waals surface area contributed by atoms with Crippen LogP contribution in [0.3, 0.4) is 0 Å². The molecule has 0 atom stereocenters. The maximum atomic E-state index is 12.6. The predicted molar refractivity (Wildman–Crippen MR) is 122 cm³/mol. The highest BCUT2D eigenvalue weighted by Crippen LogP contribution is 2.22. The van der Waals surface area contributed by atoms with Gasteiger partial charge in [-0.3, -0.25) is 19.6 Å². The van der Waals surface area contributed by atoms with Crippen molar-refractivity contribution in [1.29, 1.82) is 0 Å². The van der Waals surface area contributed by atoms with Crippen molar-refractivity contribution < 1.29 is 18.1 Å². The van der Waals surface area contributed by atoms with Gasteiger partial charge in [0, 0.05) is 35.6 Å². The Hall–Kier alpha value is -3.76. The summed E-state index contributed by atoms with van der Waals surface area (Å²) >= 11 is 0. The molecule has 9 nitrogen and oxygen atoms in total. The molecule has 0 fully saturated rings. The van der Waals surface area contributed by atoms with E-state index in [9.17, 15) is 23.3 Å². The minimum Gasteiger partial charge on any atom is -0.322 e. The van der Waals surface area contributed by atoms with Gasteiger partial charge in [-0.15, -0.1) is 0 Å². The van der Waals surface area contributed by atoms with Gasteiger partial charge in [-0.25, -0.2) is 8.42 Å². The lowest BCUT2D eigenvalue weighted by Crippen LogP contribution is -2.17. The molecule has 0 aliphatic rings. The topological polar surface area (TPSA) is 122 Å². The molecular formula is C22H22N4O5S. The molecular weight excluding hydrogens is 432 g/mol. The highest BCUT2D eigenvalue weighted by Gasteiger charge is 2.18. The van der Waals surface area contributed by atoms with Crippen LogP contribution in [0.4, 0.5) is 17.1 Å². The summed E-state index contributed by atoms with van der Waals surface area (Å²) in [4.78, 5) is 24.6. The van der Waals surface area contributed by atoms with E-state index in [1.807, 2.05) is 43.3 Å². The van der Waals surface area contributed by atoms with Gasteiger partial charge in [-0.1, -0.05) is 24.3 Å². The fraction of sp³-hybridized carbons (Fsp3) is 0.136. The molecule has 3 rings (SSSR count). The van der Waals surface area contributed by atoms with Gasteiger partial charge >= 0.3 is 0 Å². The van der Waals surface area contributed by atoms with Crippen LogP contribution >= 0.6 is 0 Å². The van der Waals surface area contributed by atoms with Crippen LogP contribution < -0.4 is 10.0 Å². The van der Waals surface area contributed by atoms with E-state index in [1.54, 1.807) is 0 Å². The van der Waals surface area contributed by atoms with E-state index in [2.05, 4.69) is 10.0 Å². The molecule has 0 saturated heterocycles. The summed E-state index contributed by atoms with van der Waals surface area (Å²) in [6.07, 6.45) is 0. The maximum Gasteiger partial charge on any atom is 0.270 e. The Bertz CT molecular complexity index is 1240. The van der Waals surface area contributed by atoms with Gasteiger partial charge in [0.25, 0.3) is 21.6 Å². The van der Waals surface area contributed by atoms with Crippen LogP contribution in [0, 0.1) is 10.1 Å². The van der Waals surface area contributed by atoms with Crippen molar-refractivity contribution in [1.82, 2.24) is 4.90 Å². The van der Waals surface area contributed by atoms with Gasteiger partial charge < -0.3 is 10.2 Å². The zero-order chi connectivity index (χ0) is 23.3. The largest absolute Gasteiger partial charge is 0.322 e. The van der Waals surface area contributed by atoms with E-state index in [1.165, 1.54) is 42.5 Å². The zero-order valence-electron chi connectivity index (χ0n) is 17.5. The van der Waals surface area contributed by atoms with Gasteiger partial charge in [0.05, 0.1) is 9.82 Å². The van der Waals surface area contributed by atoms with Crippen LogP contribution in [0.2, 0.25) is 0 Å². The van der Waals surface area contributed by atoms with Gasteiger partial charge in [0.2, 0.25) is 0 Å². The van der Waals surface area contributed by atoms with Gasteiger partial charge in [0.15, 0.2) is 0 Å². The Balaban J connectivity index is 1.73. The van der Waals surface area contributed by atoms with Crippen LogP contribution in [-0.4, -0.2) is 38.2 Å². The van der Waals surface area contributed by atoms with E-state index in [-0.39, 0.29) is 22.2 Å². The number of nitrogens with zero attached hydrogens (tertiary/aromatic N) is 2. The second kappa shape index (κ2) is 9.58. The van der Waals surface area contributed by atoms with Crippen molar-refractivity contribution >= 4 is 33.0 Å². The molecule has 166 valence electrons. The molecule has 3 aromatic carbocycles. The number of para-hydroxylation sites is 1. The number of carbonyl (C=O) groups excluding carboxylic acids is 1. The van der Waals surface area contributed by atoms with E-state index < -0.39 is 14.9 Å². The number of nitro groups is 1. The van der Waals surface area contributed by atoms with Crippen molar-refractivity contribution in [2.24, 2.45) is 0 Å². The Morgan fingerprint density at radius 2 is 1.69 bits per heavy atom. The minimum atomic E-state index is -4.03. The van der Waals surface area contributed by atoms with Crippen molar-refractivity contribution in [2.45, 2.75) is 11.4 Å². The summed E-state index contributed by atoms with van der Waals surface area (Å²) in [6.45, 7) is 0.662. The molecule has 2 N–H and O–H groups in total. The number of anilines is 2. The third-order valence-corrected chi connectivity index (χ3v) is 5.87. The molecule has 3 aromatic rings. The third-order valence-electron chi connectivity index (χ3n) is 4.49. The minimum absolute atomic E-state index is 0.223. The lowest BCUT2D eigenvalue weighted by Gasteiger charge is -2.15. The number of benzene rings is 3. The van der Waals surface area contributed by atoms with E-state index in [0.29, 0.717) is 17.8 Å². The Morgan fingerprint density at radius 1 is 1.00 bits per heavy atom. The molecule has 0 unspecified atom stereocenters. The van der Waals surface area contributed by atoms with Crippen LogP contribution in [0.5, 0.6) is 0 Å². The van der Waals surface area contributed by atoms with E-state index >= 15 is 0 Å². The second-order valence-electron chi connectivity index (χ2n) is 7.29. The van der Waals surface area contributed by atoms with Crippen molar-refractivity contribution in [3.8, 4) is 0 Å². The second-order valence-corrected chi connectivity index (χ2v) is 8.97. The molecule has 10 heteroatoms. The molecule has 0 aliphatic carbocycles. The lowest BCUT2D eigenvalue weighted by molar-refractivity contribution is -0.385. The van der Waals surface area contributed by atoms with Gasteiger partial charge in [-0.05, 0) is 56.1 Å². The number of amides is 1. The smallest absolute Gasteiger partial charge is 0.270 e. The van der Waals surface area contributed by atoms with Crippen LogP contribution in [-0.2, 0) is 16.6 Å². The van der Waals surface area contributed by atoms with E-state index in [4.69, 9.17) is 0 Å². The highest BCUT2D eigenvalue weighted by molar-refractivity contribution is 7.92. The number of nitrogens with one attached hydrogen (secondary N) is 2. The average Bonchev–Trinajstić information content (AvgIpc) is 2.75. The van der Waals surface area contributed by atoms with Gasteiger partial charge in [0.1, 0.15) is 0 Å². The number of carbonyl (C=O) groups is 1. The summed E-state index contributed by atoms with van der Waals surface area (Å²) < 4.78 is 27.4. The molecule has 0 aliphatic heterocycles. The summed E-state index contributed by atoms with van der Waals surface area (Å²) in [6, 6.07) is 18.1. The van der Waals surface area contributed by atoms with Crippen molar-refractivity contribution in [2.75, 3.05) is 24.1 Å². The average molecular weight is 455 g/mol. The molecule has 0 saturated carbocycles. The molecule has 0 radical (unpaired) electrons. The first-order valence-electron chi connectivity index (χ1n) is 9.57. The Morgan fingerprint density at radius 3 is 2.34 bits per heavy atom. The molecule has 32 heavy (non-hydrogen) atoms. The zero-order valence-corrected chi connectivity index (χ0v) is 18.3. The van der Waals surface area contributed by atoms with Crippen molar-refractivity contribution in [3.63, 3.8) is 0 Å². The molecule has 0 aromatic heterocycles. The summed E-state index contributed by atoms with van der Waals surface area (Å²) in [5, 5.41) is 13.8. The quantitative estimate of drug-likeness (QED) is 0.395. The predicted octanol–water partition coefficient (Wildman–Crippen LogP) is 3.71. The summed E-state index contributed by atoms with van der Waals surface area (Å²) in [5.74, 6) is -0.329. The fourth-order valence-corrected chi connectivity index (χ4v) is 4.08. The Kier molecular flexibility index (Phi) is 6.86. The number of sulfonamides is 1. The normalized spacial score (nSPS) is 11.2. The van der Waals surface area contributed by atoms with Gasteiger partial charge in [-0.2, -0.15) is 0 Å². The van der Waals surface area contributed by atoms with E-state index in [0.717, 1.165) is 11.6 Å². The molecule has 0 spiro atoms. The van der Waals surface area contributed by atoms with Crippen LogP contribution in [0.15, 0.2) is 77.7 Å². The Labute approximate surface area is 185 Å². The molecule has 1 amide bonds.